The van der Waals surface area contributed by atoms with Gasteiger partial charge in [-0.1, -0.05) is 12.1 Å². The molecule has 1 aliphatic heterocycles. The first kappa shape index (κ1) is 16.3. The monoisotopic (exact) mass is 351 g/mol. The second-order valence-electron chi connectivity index (χ2n) is 6.34. The molecule has 0 saturated carbocycles. The fraction of sp³-hybridized carbons (Fsp3) is 0.333. The third-order valence-electron chi connectivity index (χ3n) is 4.57. The minimum absolute atomic E-state index is 0.0733. The second-order valence-corrected chi connectivity index (χ2v) is 6.34. The Bertz CT molecular complexity index is 900. The highest BCUT2D eigenvalue weighted by atomic mass is 16.2. The molecular formula is C18H21N7O. The molecule has 0 aliphatic carbocycles. The third-order valence-corrected chi connectivity index (χ3v) is 4.57. The first-order valence-corrected chi connectivity index (χ1v) is 8.69. The number of aromatic amines is 1. The summed E-state index contributed by atoms with van der Waals surface area (Å²) in [5.74, 6) is 1.48. The number of rotatable bonds is 3. The van der Waals surface area contributed by atoms with E-state index in [0.717, 1.165) is 35.5 Å². The predicted molar refractivity (Wildman–Crippen MR) is 98.9 cm³/mol. The number of carbonyl (C=O) groups is 1. The maximum atomic E-state index is 12.4. The Morgan fingerprint density at radius 2 is 1.92 bits per heavy atom. The lowest BCUT2D eigenvalue weighted by Crippen LogP contribution is -2.52. The van der Waals surface area contributed by atoms with E-state index in [9.17, 15) is 4.79 Å². The summed E-state index contributed by atoms with van der Waals surface area (Å²) >= 11 is 0. The van der Waals surface area contributed by atoms with Gasteiger partial charge >= 0.3 is 6.03 Å². The van der Waals surface area contributed by atoms with Crippen LogP contribution in [0.5, 0.6) is 0 Å². The molecule has 4 rings (SSSR count). The SMILES string of the molecule is Cc1cccc2[nH]c(CNC(=O)N3CCN(c4ncccn4)CC3)nc12. The van der Waals surface area contributed by atoms with Crippen LogP contribution in [0.15, 0.2) is 36.7 Å². The van der Waals surface area contributed by atoms with Gasteiger partial charge in [0.25, 0.3) is 0 Å². The Hall–Kier alpha value is -3.16. The van der Waals surface area contributed by atoms with Gasteiger partial charge in [0.05, 0.1) is 17.6 Å². The van der Waals surface area contributed by atoms with E-state index in [2.05, 4.69) is 30.2 Å². The number of urea groups is 1. The van der Waals surface area contributed by atoms with Crippen molar-refractivity contribution in [2.24, 2.45) is 0 Å². The van der Waals surface area contributed by atoms with Gasteiger partial charge in [0.15, 0.2) is 0 Å². The summed E-state index contributed by atoms with van der Waals surface area (Å²) in [6, 6.07) is 7.74. The highest BCUT2D eigenvalue weighted by Gasteiger charge is 2.22. The number of piperazine rings is 1. The van der Waals surface area contributed by atoms with Gasteiger partial charge in [-0.2, -0.15) is 0 Å². The molecule has 134 valence electrons. The molecule has 1 aliphatic rings. The molecule has 0 atom stereocenters. The summed E-state index contributed by atoms with van der Waals surface area (Å²) < 4.78 is 0. The molecule has 26 heavy (non-hydrogen) atoms. The number of hydrogen-bond donors (Lipinski definition) is 2. The Morgan fingerprint density at radius 3 is 2.65 bits per heavy atom. The normalized spacial score (nSPS) is 14.7. The summed E-state index contributed by atoms with van der Waals surface area (Å²) in [5, 5.41) is 2.95. The highest BCUT2D eigenvalue weighted by Crippen LogP contribution is 2.15. The number of amides is 2. The zero-order valence-corrected chi connectivity index (χ0v) is 14.6. The van der Waals surface area contributed by atoms with Crippen molar-refractivity contribution in [1.29, 1.82) is 0 Å². The number of fused-ring (bicyclic) bond motifs is 1. The van der Waals surface area contributed by atoms with Crippen LogP contribution in [0.25, 0.3) is 11.0 Å². The van der Waals surface area contributed by atoms with Gasteiger partial charge in [-0.3, -0.25) is 0 Å². The molecule has 2 aromatic heterocycles. The van der Waals surface area contributed by atoms with Crippen LogP contribution in [-0.4, -0.2) is 57.0 Å². The van der Waals surface area contributed by atoms with Gasteiger partial charge in [0.1, 0.15) is 5.82 Å². The average molecular weight is 351 g/mol. The van der Waals surface area contributed by atoms with Gasteiger partial charge in [0, 0.05) is 38.6 Å². The number of para-hydroxylation sites is 1. The predicted octanol–water partition coefficient (Wildman–Crippen LogP) is 1.69. The third kappa shape index (κ3) is 3.30. The van der Waals surface area contributed by atoms with Crippen molar-refractivity contribution in [2.45, 2.75) is 13.5 Å². The van der Waals surface area contributed by atoms with E-state index in [1.54, 1.807) is 18.5 Å². The van der Waals surface area contributed by atoms with Gasteiger partial charge < -0.3 is 20.1 Å². The molecule has 2 N–H and O–H groups in total. The number of anilines is 1. The van der Waals surface area contributed by atoms with E-state index in [0.29, 0.717) is 25.6 Å². The minimum Gasteiger partial charge on any atom is -0.340 e. The number of nitrogens with one attached hydrogen (secondary N) is 2. The smallest absolute Gasteiger partial charge is 0.317 e. The number of aromatic nitrogens is 4. The lowest BCUT2D eigenvalue weighted by Gasteiger charge is -2.34. The zero-order valence-electron chi connectivity index (χ0n) is 14.6. The maximum Gasteiger partial charge on any atom is 0.317 e. The number of imidazole rings is 1. The number of hydrogen-bond acceptors (Lipinski definition) is 5. The first-order valence-electron chi connectivity index (χ1n) is 8.69. The van der Waals surface area contributed by atoms with Gasteiger partial charge in [-0.25, -0.2) is 19.7 Å². The lowest BCUT2D eigenvalue weighted by molar-refractivity contribution is 0.193. The number of nitrogens with zero attached hydrogens (tertiary/aromatic N) is 5. The molecule has 2 amide bonds. The standard InChI is InChI=1S/C18H21N7O/c1-13-4-2-5-14-16(13)23-15(22-14)12-21-18(26)25-10-8-24(9-11-25)17-19-6-3-7-20-17/h2-7H,8-12H2,1H3,(H,21,26)(H,22,23). The molecule has 3 aromatic rings. The molecule has 0 bridgehead atoms. The first-order chi connectivity index (χ1) is 12.7. The summed E-state index contributed by atoms with van der Waals surface area (Å²) in [4.78, 5) is 32.7. The molecular weight excluding hydrogens is 330 g/mol. The van der Waals surface area contributed by atoms with Gasteiger partial charge in [-0.15, -0.1) is 0 Å². The van der Waals surface area contributed by atoms with E-state index in [-0.39, 0.29) is 6.03 Å². The average Bonchev–Trinajstić information content (AvgIpc) is 3.11. The lowest BCUT2D eigenvalue weighted by atomic mass is 10.2. The Balaban J connectivity index is 1.32. The Labute approximate surface area is 151 Å². The Morgan fingerprint density at radius 1 is 1.15 bits per heavy atom. The van der Waals surface area contributed by atoms with Crippen LogP contribution in [0.2, 0.25) is 0 Å². The van der Waals surface area contributed by atoms with Crippen molar-refractivity contribution >= 4 is 23.0 Å². The van der Waals surface area contributed by atoms with E-state index < -0.39 is 0 Å². The number of H-pyrrole nitrogens is 1. The van der Waals surface area contributed by atoms with Crippen LogP contribution in [0, 0.1) is 6.92 Å². The van der Waals surface area contributed by atoms with Crippen LogP contribution in [0.4, 0.5) is 10.7 Å². The molecule has 0 unspecified atom stereocenters. The van der Waals surface area contributed by atoms with E-state index >= 15 is 0 Å². The number of benzene rings is 1. The molecule has 8 heteroatoms. The van der Waals surface area contributed by atoms with E-state index in [1.165, 1.54) is 0 Å². The Kier molecular flexibility index (Phi) is 4.39. The van der Waals surface area contributed by atoms with Gasteiger partial charge in [0.2, 0.25) is 5.95 Å². The van der Waals surface area contributed by atoms with Crippen molar-refractivity contribution < 1.29 is 4.79 Å². The van der Waals surface area contributed by atoms with Crippen LogP contribution in [0.1, 0.15) is 11.4 Å². The molecule has 1 fully saturated rings. The molecule has 3 heterocycles. The fourth-order valence-corrected chi connectivity index (χ4v) is 3.15. The molecule has 1 saturated heterocycles. The summed E-state index contributed by atoms with van der Waals surface area (Å²) in [5.41, 5.74) is 3.06. The number of aryl methyl sites for hydroxylation is 1. The molecule has 1 aromatic carbocycles. The van der Waals surface area contributed by atoms with Crippen molar-refractivity contribution in [2.75, 3.05) is 31.1 Å². The fourth-order valence-electron chi connectivity index (χ4n) is 3.15. The maximum absolute atomic E-state index is 12.4. The minimum atomic E-state index is -0.0733. The van der Waals surface area contributed by atoms with Crippen LogP contribution in [-0.2, 0) is 6.54 Å². The summed E-state index contributed by atoms with van der Waals surface area (Å²) in [6.45, 7) is 5.14. The second kappa shape index (κ2) is 6.99. The van der Waals surface area contributed by atoms with Crippen molar-refractivity contribution in [1.82, 2.24) is 30.2 Å². The topological polar surface area (TPSA) is 90.0 Å². The number of carbonyl (C=O) groups excluding carboxylic acids is 1. The van der Waals surface area contributed by atoms with E-state index in [1.807, 2.05) is 30.0 Å². The summed E-state index contributed by atoms with van der Waals surface area (Å²) in [6.07, 6.45) is 3.47. The van der Waals surface area contributed by atoms with Crippen LogP contribution >= 0.6 is 0 Å². The van der Waals surface area contributed by atoms with Crippen LogP contribution < -0.4 is 10.2 Å². The zero-order chi connectivity index (χ0) is 17.9. The van der Waals surface area contributed by atoms with Gasteiger partial charge in [-0.05, 0) is 24.6 Å². The van der Waals surface area contributed by atoms with Crippen molar-refractivity contribution in [3.63, 3.8) is 0 Å². The highest BCUT2D eigenvalue weighted by molar-refractivity contribution is 5.79. The molecule has 0 radical (unpaired) electrons. The quantitative estimate of drug-likeness (QED) is 0.749. The summed E-state index contributed by atoms with van der Waals surface area (Å²) in [7, 11) is 0. The van der Waals surface area contributed by atoms with Crippen molar-refractivity contribution in [3.05, 3.63) is 48.0 Å². The molecule has 0 spiro atoms. The van der Waals surface area contributed by atoms with Crippen LogP contribution in [0.3, 0.4) is 0 Å². The largest absolute Gasteiger partial charge is 0.340 e. The molecule has 8 nitrogen and oxygen atoms in total. The van der Waals surface area contributed by atoms with E-state index in [4.69, 9.17) is 0 Å². The van der Waals surface area contributed by atoms with Crippen molar-refractivity contribution in [3.8, 4) is 0 Å².